The molecular weight excluding hydrogens is 342 g/mol. The summed E-state index contributed by atoms with van der Waals surface area (Å²) in [4.78, 5) is 19.5. The third-order valence-electron chi connectivity index (χ3n) is 5.41. The number of amides is 1. The number of benzene rings is 1. The molecule has 3 heterocycles. The van der Waals surface area contributed by atoms with E-state index in [4.69, 9.17) is 11.5 Å². The molecule has 1 aromatic rings. The van der Waals surface area contributed by atoms with Crippen LogP contribution in [0.4, 0.5) is 17.1 Å². The van der Waals surface area contributed by atoms with Crippen LogP contribution in [-0.2, 0) is 4.79 Å². The zero-order valence-electron chi connectivity index (χ0n) is 15.2. The van der Waals surface area contributed by atoms with Crippen LogP contribution in [0.15, 0.2) is 40.6 Å². The first-order valence-corrected chi connectivity index (χ1v) is 9.34. The highest BCUT2D eigenvalue weighted by Crippen LogP contribution is 2.35. The Balaban J connectivity index is 1.52. The summed E-state index contributed by atoms with van der Waals surface area (Å²) in [5, 5.41) is 8.99. The number of carbonyl (C=O) groups excluding carboxylic acids is 1. The van der Waals surface area contributed by atoms with Gasteiger partial charge in [-0.3, -0.25) is 9.79 Å². The van der Waals surface area contributed by atoms with Gasteiger partial charge in [0, 0.05) is 31.7 Å². The number of nitrogens with one attached hydrogen (secondary N) is 1. The average molecular weight is 367 g/mol. The number of fused-ring (bicyclic) bond motifs is 1. The van der Waals surface area contributed by atoms with Crippen molar-refractivity contribution in [3.8, 4) is 0 Å². The SMILES string of the molecule is NCC1CCN(c2c(N)cccc2NC(=O)C2C=NN3C=CC=NC23)CC1. The van der Waals surface area contributed by atoms with Crippen LogP contribution in [-0.4, -0.2) is 49.1 Å². The first-order valence-electron chi connectivity index (χ1n) is 9.34. The van der Waals surface area contributed by atoms with Crippen molar-refractivity contribution in [2.75, 3.05) is 35.6 Å². The number of hydrogen-bond acceptors (Lipinski definition) is 7. The van der Waals surface area contributed by atoms with E-state index in [1.54, 1.807) is 23.5 Å². The Labute approximate surface area is 158 Å². The van der Waals surface area contributed by atoms with Crippen molar-refractivity contribution >= 4 is 35.4 Å². The molecule has 27 heavy (non-hydrogen) atoms. The fourth-order valence-corrected chi connectivity index (χ4v) is 3.84. The van der Waals surface area contributed by atoms with E-state index in [1.165, 1.54) is 0 Å². The van der Waals surface area contributed by atoms with Crippen LogP contribution in [0.2, 0.25) is 0 Å². The number of anilines is 3. The van der Waals surface area contributed by atoms with Gasteiger partial charge in [0.15, 0.2) is 6.17 Å². The first kappa shape index (κ1) is 17.5. The molecule has 3 aliphatic rings. The highest BCUT2D eigenvalue weighted by Gasteiger charge is 2.36. The molecule has 3 aliphatic heterocycles. The molecule has 1 saturated heterocycles. The summed E-state index contributed by atoms with van der Waals surface area (Å²) in [5.41, 5.74) is 14.4. The maximum Gasteiger partial charge on any atom is 0.237 e. The summed E-state index contributed by atoms with van der Waals surface area (Å²) < 4.78 is 0. The molecule has 0 aromatic heterocycles. The molecule has 2 unspecified atom stereocenters. The average Bonchev–Trinajstić information content (AvgIpc) is 3.13. The molecule has 0 radical (unpaired) electrons. The third kappa shape index (κ3) is 3.40. The Bertz CT molecular complexity index is 795. The summed E-state index contributed by atoms with van der Waals surface area (Å²) in [5.74, 6) is -0.0204. The molecule has 1 fully saturated rings. The van der Waals surface area contributed by atoms with Gasteiger partial charge in [-0.05, 0) is 43.5 Å². The Morgan fingerprint density at radius 2 is 2.11 bits per heavy atom. The van der Waals surface area contributed by atoms with E-state index in [1.807, 2.05) is 24.4 Å². The number of nitrogens with zero attached hydrogens (tertiary/aromatic N) is 4. The van der Waals surface area contributed by atoms with Crippen LogP contribution in [0.25, 0.3) is 0 Å². The number of carbonyl (C=O) groups is 1. The minimum Gasteiger partial charge on any atom is -0.397 e. The van der Waals surface area contributed by atoms with Gasteiger partial charge in [0.25, 0.3) is 0 Å². The van der Waals surface area contributed by atoms with Crippen molar-refractivity contribution in [1.29, 1.82) is 0 Å². The van der Waals surface area contributed by atoms with Crippen LogP contribution < -0.4 is 21.7 Å². The quantitative estimate of drug-likeness (QED) is 0.693. The lowest BCUT2D eigenvalue weighted by Gasteiger charge is -2.35. The van der Waals surface area contributed by atoms with E-state index in [-0.39, 0.29) is 12.1 Å². The molecule has 4 rings (SSSR count). The van der Waals surface area contributed by atoms with Gasteiger partial charge in [-0.15, -0.1) is 0 Å². The van der Waals surface area contributed by atoms with Crippen molar-refractivity contribution in [2.24, 2.45) is 27.7 Å². The second-order valence-electron chi connectivity index (χ2n) is 7.12. The number of aliphatic imine (C=N–C) groups is 1. The molecule has 5 N–H and O–H groups in total. The predicted molar refractivity (Wildman–Crippen MR) is 109 cm³/mol. The van der Waals surface area contributed by atoms with E-state index in [2.05, 4.69) is 20.3 Å². The van der Waals surface area contributed by atoms with E-state index < -0.39 is 5.92 Å². The van der Waals surface area contributed by atoms with Gasteiger partial charge in [-0.2, -0.15) is 5.10 Å². The van der Waals surface area contributed by atoms with Crippen LogP contribution in [0.1, 0.15) is 12.8 Å². The minimum absolute atomic E-state index is 0.137. The molecule has 8 nitrogen and oxygen atoms in total. The topological polar surface area (TPSA) is 112 Å². The van der Waals surface area contributed by atoms with E-state index >= 15 is 0 Å². The number of nitrogens with two attached hydrogens (primary N) is 2. The number of rotatable bonds is 4. The molecule has 0 spiro atoms. The summed E-state index contributed by atoms with van der Waals surface area (Å²) in [6, 6.07) is 5.62. The zero-order valence-corrected chi connectivity index (χ0v) is 15.2. The lowest BCUT2D eigenvalue weighted by molar-refractivity contribution is -0.118. The maximum absolute atomic E-state index is 12.9. The van der Waals surface area contributed by atoms with E-state index in [0.717, 1.165) is 43.9 Å². The lowest BCUT2D eigenvalue weighted by Crippen LogP contribution is -2.38. The predicted octanol–water partition coefficient (Wildman–Crippen LogP) is 1.22. The third-order valence-corrected chi connectivity index (χ3v) is 5.41. The molecular formula is C19H25N7O. The summed E-state index contributed by atoms with van der Waals surface area (Å²) in [6.45, 7) is 2.49. The van der Waals surface area contributed by atoms with Crippen LogP contribution >= 0.6 is 0 Å². The highest BCUT2D eigenvalue weighted by atomic mass is 16.2. The number of nitrogen functional groups attached to an aromatic ring is 1. The van der Waals surface area contributed by atoms with Crippen LogP contribution in [0, 0.1) is 11.8 Å². The minimum atomic E-state index is -0.441. The van der Waals surface area contributed by atoms with Crippen LogP contribution in [0.5, 0.6) is 0 Å². The molecule has 0 aliphatic carbocycles. The van der Waals surface area contributed by atoms with Gasteiger partial charge >= 0.3 is 0 Å². The lowest BCUT2D eigenvalue weighted by atomic mass is 9.96. The smallest absolute Gasteiger partial charge is 0.237 e. The first-order chi connectivity index (χ1) is 13.2. The second-order valence-corrected chi connectivity index (χ2v) is 7.12. The highest BCUT2D eigenvalue weighted by molar-refractivity contribution is 6.05. The fraction of sp³-hybridized carbons (Fsp3) is 0.421. The molecule has 1 aromatic carbocycles. The van der Waals surface area contributed by atoms with Crippen molar-refractivity contribution < 1.29 is 4.79 Å². The van der Waals surface area contributed by atoms with Gasteiger partial charge in [0.2, 0.25) is 5.91 Å². The molecule has 2 atom stereocenters. The van der Waals surface area contributed by atoms with E-state index in [0.29, 0.717) is 11.6 Å². The number of piperidine rings is 1. The fourth-order valence-electron chi connectivity index (χ4n) is 3.84. The molecule has 0 bridgehead atoms. The number of allylic oxidation sites excluding steroid dienone is 1. The van der Waals surface area contributed by atoms with Crippen molar-refractivity contribution in [1.82, 2.24) is 5.01 Å². The second kappa shape index (κ2) is 7.40. The molecule has 142 valence electrons. The molecule has 8 heteroatoms. The van der Waals surface area contributed by atoms with Gasteiger partial charge in [-0.1, -0.05) is 6.07 Å². The normalized spacial score (nSPS) is 24.3. The van der Waals surface area contributed by atoms with Crippen LogP contribution in [0.3, 0.4) is 0 Å². The Hall–Kier alpha value is -2.87. The summed E-state index contributed by atoms with van der Waals surface area (Å²) >= 11 is 0. The standard InChI is InChI=1S/C19H25N7O/c20-11-13-5-9-25(10-6-13)17-15(21)3-1-4-16(17)24-19(27)14-12-23-26-8-2-7-22-18(14)26/h1-4,7-8,12-14,18H,5-6,9-11,20-21H2,(H,24,27). The van der Waals surface area contributed by atoms with Gasteiger partial charge < -0.3 is 21.7 Å². The number of para-hydroxylation sites is 1. The maximum atomic E-state index is 12.9. The Kier molecular flexibility index (Phi) is 4.81. The number of hydrazone groups is 1. The molecule has 1 amide bonds. The zero-order chi connectivity index (χ0) is 18.8. The Morgan fingerprint density at radius 3 is 2.89 bits per heavy atom. The largest absolute Gasteiger partial charge is 0.397 e. The van der Waals surface area contributed by atoms with Gasteiger partial charge in [0.1, 0.15) is 5.92 Å². The van der Waals surface area contributed by atoms with Gasteiger partial charge in [-0.25, -0.2) is 5.01 Å². The molecule has 0 saturated carbocycles. The van der Waals surface area contributed by atoms with Crippen molar-refractivity contribution in [2.45, 2.75) is 19.0 Å². The van der Waals surface area contributed by atoms with Crippen molar-refractivity contribution in [3.63, 3.8) is 0 Å². The van der Waals surface area contributed by atoms with E-state index in [9.17, 15) is 4.79 Å². The van der Waals surface area contributed by atoms with Gasteiger partial charge in [0.05, 0.1) is 17.1 Å². The van der Waals surface area contributed by atoms with Crippen molar-refractivity contribution in [3.05, 3.63) is 30.5 Å². The Morgan fingerprint density at radius 1 is 1.30 bits per heavy atom. The number of hydrogen-bond donors (Lipinski definition) is 3. The summed E-state index contributed by atoms with van der Waals surface area (Å²) in [6.07, 6.45) is 8.70. The summed E-state index contributed by atoms with van der Waals surface area (Å²) in [7, 11) is 0. The monoisotopic (exact) mass is 367 g/mol.